The normalized spacial score (nSPS) is 15.9. The zero-order valence-corrected chi connectivity index (χ0v) is 16.0. The molecule has 2 amide bonds. The molecule has 0 aliphatic heterocycles. The van der Waals surface area contributed by atoms with Crippen LogP contribution >= 0.6 is 0 Å². The fourth-order valence-corrected chi connectivity index (χ4v) is 3.58. The number of carbonyl (C=O) groups is 2. The molecule has 1 aromatic heterocycles. The molecule has 1 atom stereocenters. The summed E-state index contributed by atoms with van der Waals surface area (Å²) in [5.74, 6) is 0.0738. The van der Waals surface area contributed by atoms with Crippen molar-refractivity contribution in [3.8, 4) is 0 Å². The van der Waals surface area contributed by atoms with Crippen LogP contribution in [0.4, 0.5) is 0 Å². The summed E-state index contributed by atoms with van der Waals surface area (Å²) < 4.78 is 1.40. The SMILES string of the molecule is CN(C)C(=O)Cn1cc(C(=O)NC(c2ccccc2)C2CCCCC2)nn1. The maximum Gasteiger partial charge on any atom is 0.273 e. The number of hydrogen-bond donors (Lipinski definition) is 1. The lowest BCUT2D eigenvalue weighted by atomic mass is 9.81. The average Bonchev–Trinajstić information content (AvgIpc) is 3.16. The molecule has 27 heavy (non-hydrogen) atoms. The van der Waals surface area contributed by atoms with E-state index in [1.165, 1.54) is 35.0 Å². The van der Waals surface area contributed by atoms with E-state index in [9.17, 15) is 9.59 Å². The third-order valence-electron chi connectivity index (χ3n) is 5.13. The molecule has 2 aromatic rings. The van der Waals surface area contributed by atoms with Gasteiger partial charge in [0.25, 0.3) is 5.91 Å². The summed E-state index contributed by atoms with van der Waals surface area (Å²) in [6, 6.07) is 10.1. The van der Waals surface area contributed by atoms with Gasteiger partial charge < -0.3 is 10.2 Å². The minimum atomic E-state index is -0.252. The highest BCUT2D eigenvalue weighted by Crippen LogP contribution is 2.34. The number of aromatic nitrogens is 3. The predicted octanol–water partition coefficient (Wildman–Crippen LogP) is 2.42. The lowest BCUT2D eigenvalue weighted by molar-refractivity contribution is -0.129. The molecule has 1 heterocycles. The van der Waals surface area contributed by atoms with Gasteiger partial charge in [-0.05, 0) is 24.3 Å². The molecule has 0 spiro atoms. The highest BCUT2D eigenvalue weighted by Gasteiger charge is 2.27. The first-order chi connectivity index (χ1) is 13.0. The maximum absolute atomic E-state index is 12.8. The van der Waals surface area contributed by atoms with E-state index in [0.717, 1.165) is 18.4 Å². The summed E-state index contributed by atoms with van der Waals surface area (Å²) in [7, 11) is 3.36. The standard InChI is InChI=1S/C20H27N5O2/c1-24(2)18(26)14-25-13-17(22-23-25)20(27)21-19(15-9-5-3-6-10-15)16-11-7-4-8-12-16/h3,5-6,9-10,13,16,19H,4,7-8,11-12,14H2,1-2H3,(H,21,27). The topological polar surface area (TPSA) is 80.1 Å². The Morgan fingerprint density at radius 3 is 2.56 bits per heavy atom. The first-order valence-corrected chi connectivity index (χ1v) is 9.50. The number of hydrogen-bond acceptors (Lipinski definition) is 4. The number of rotatable bonds is 6. The third-order valence-corrected chi connectivity index (χ3v) is 5.13. The maximum atomic E-state index is 12.8. The molecule has 3 rings (SSSR count). The Morgan fingerprint density at radius 2 is 1.89 bits per heavy atom. The van der Waals surface area contributed by atoms with Crippen LogP contribution in [-0.4, -0.2) is 45.8 Å². The first-order valence-electron chi connectivity index (χ1n) is 9.50. The number of likely N-dealkylation sites (N-methyl/N-ethyl adjacent to an activating group) is 1. The molecular weight excluding hydrogens is 342 g/mol. The van der Waals surface area contributed by atoms with Gasteiger partial charge in [0.05, 0.1) is 12.2 Å². The van der Waals surface area contributed by atoms with E-state index in [1.807, 2.05) is 18.2 Å². The third kappa shape index (κ3) is 4.93. The fourth-order valence-electron chi connectivity index (χ4n) is 3.58. The molecule has 1 saturated carbocycles. The minimum absolute atomic E-state index is 0.0347. The highest BCUT2D eigenvalue weighted by molar-refractivity contribution is 5.92. The quantitative estimate of drug-likeness (QED) is 0.848. The van der Waals surface area contributed by atoms with Gasteiger partial charge in [-0.2, -0.15) is 0 Å². The number of nitrogens with one attached hydrogen (secondary N) is 1. The molecule has 144 valence electrons. The Labute approximate surface area is 159 Å². The molecule has 7 heteroatoms. The number of nitrogens with zero attached hydrogens (tertiary/aromatic N) is 4. The Morgan fingerprint density at radius 1 is 1.19 bits per heavy atom. The van der Waals surface area contributed by atoms with Crippen LogP contribution < -0.4 is 5.32 Å². The van der Waals surface area contributed by atoms with Crippen molar-refractivity contribution in [3.05, 3.63) is 47.8 Å². The van der Waals surface area contributed by atoms with Gasteiger partial charge in [0.2, 0.25) is 5.91 Å². The monoisotopic (exact) mass is 369 g/mol. The van der Waals surface area contributed by atoms with Crippen molar-refractivity contribution in [2.45, 2.75) is 44.7 Å². The average molecular weight is 369 g/mol. The largest absolute Gasteiger partial charge is 0.347 e. The highest BCUT2D eigenvalue weighted by atomic mass is 16.2. The zero-order chi connectivity index (χ0) is 19.2. The van der Waals surface area contributed by atoms with Crippen molar-refractivity contribution >= 4 is 11.8 Å². The Balaban J connectivity index is 1.72. The van der Waals surface area contributed by atoms with Crippen LogP contribution in [0.25, 0.3) is 0 Å². The lowest BCUT2D eigenvalue weighted by Gasteiger charge is -2.31. The molecule has 1 aliphatic carbocycles. The van der Waals surface area contributed by atoms with Crippen LogP contribution in [0.15, 0.2) is 36.5 Å². The molecule has 1 N–H and O–H groups in total. The molecule has 0 bridgehead atoms. The van der Waals surface area contributed by atoms with E-state index < -0.39 is 0 Å². The van der Waals surface area contributed by atoms with Crippen molar-refractivity contribution in [1.29, 1.82) is 0 Å². The van der Waals surface area contributed by atoms with Crippen molar-refractivity contribution < 1.29 is 9.59 Å². The van der Waals surface area contributed by atoms with Crippen molar-refractivity contribution in [3.63, 3.8) is 0 Å². The summed E-state index contributed by atoms with van der Waals surface area (Å²) in [5.41, 5.74) is 1.35. The van der Waals surface area contributed by atoms with Crippen LogP contribution in [0.1, 0.15) is 54.2 Å². The van der Waals surface area contributed by atoms with Crippen LogP contribution in [0.2, 0.25) is 0 Å². The molecule has 1 unspecified atom stereocenters. The van der Waals surface area contributed by atoms with Crippen LogP contribution in [-0.2, 0) is 11.3 Å². The smallest absolute Gasteiger partial charge is 0.273 e. The fraction of sp³-hybridized carbons (Fsp3) is 0.500. The summed E-state index contributed by atoms with van der Waals surface area (Å²) in [5, 5.41) is 11.0. The Kier molecular flexibility index (Phi) is 6.21. The minimum Gasteiger partial charge on any atom is -0.347 e. The van der Waals surface area contributed by atoms with Crippen molar-refractivity contribution in [2.24, 2.45) is 5.92 Å². The van der Waals surface area contributed by atoms with Crippen molar-refractivity contribution in [2.75, 3.05) is 14.1 Å². The number of benzene rings is 1. The second kappa shape index (κ2) is 8.79. The van der Waals surface area contributed by atoms with E-state index in [-0.39, 0.29) is 30.1 Å². The van der Waals surface area contributed by atoms with Crippen LogP contribution in [0, 0.1) is 5.92 Å². The lowest BCUT2D eigenvalue weighted by Crippen LogP contribution is -2.34. The molecular formula is C20H27N5O2. The van der Waals surface area contributed by atoms with E-state index >= 15 is 0 Å². The van der Waals surface area contributed by atoms with E-state index in [4.69, 9.17) is 0 Å². The van der Waals surface area contributed by atoms with Gasteiger partial charge in [0.15, 0.2) is 5.69 Å². The second-order valence-corrected chi connectivity index (χ2v) is 7.35. The molecule has 0 radical (unpaired) electrons. The number of amides is 2. The van der Waals surface area contributed by atoms with Crippen LogP contribution in [0.5, 0.6) is 0 Å². The number of carbonyl (C=O) groups excluding carboxylic acids is 2. The summed E-state index contributed by atoms with van der Waals surface area (Å²) in [6.07, 6.45) is 7.42. The predicted molar refractivity (Wildman–Crippen MR) is 102 cm³/mol. The van der Waals surface area contributed by atoms with Gasteiger partial charge in [0.1, 0.15) is 6.54 Å². The molecule has 7 nitrogen and oxygen atoms in total. The summed E-state index contributed by atoms with van der Waals surface area (Å²) in [6.45, 7) is 0.0675. The summed E-state index contributed by atoms with van der Waals surface area (Å²) in [4.78, 5) is 26.1. The van der Waals surface area contributed by atoms with Gasteiger partial charge in [-0.15, -0.1) is 5.10 Å². The van der Waals surface area contributed by atoms with Gasteiger partial charge in [-0.3, -0.25) is 9.59 Å². The Bertz CT molecular complexity index is 766. The van der Waals surface area contributed by atoms with E-state index in [2.05, 4.69) is 27.8 Å². The van der Waals surface area contributed by atoms with Gasteiger partial charge in [-0.1, -0.05) is 54.8 Å². The van der Waals surface area contributed by atoms with Gasteiger partial charge in [-0.25, -0.2) is 4.68 Å². The Hall–Kier alpha value is -2.70. The van der Waals surface area contributed by atoms with Gasteiger partial charge >= 0.3 is 0 Å². The molecule has 1 aliphatic rings. The first kappa shape index (κ1) is 19.1. The zero-order valence-electron chi connectivity index (χ0n) is 16.0. The van der Waals surface area contributed by atoms with Gasteiger partial charge in [0, 0.05) is 14.1 Å². The molecule has 1 aromatic carbocycles. The van der Waals surface area contributed by atoms with E-state index in [1.54, 1.807) is 14.1 Å². The van der Waals surface area contributed by atoms with Crippen LogP contribution in [0.3, 0.4) is 0 Å². The van der Waals surface area contributed by atoms with E-state index in [0.29, 0.717) is 5.92 Å². The molecule has 1 fully saturated rings. The second-order valence-electron chi connectivity index (χ2n) is 7.35. The van der Waals surface area contributed by atoms with Crippen molar-refractivity contribution in [1.82, 2.24) is 25.2 Å². The summed E-state index contributed by atoms with van der Waals surface area (Å²) >= 11 is 0. The molecule has 0 saturated heterocycles.